The fourth-order valence-electron chi connectivity index (χ4n) is 1.52. The third kappa shape index (κ3) is 3.90. The summed E-state index contributed by atoms with van der Waals surface area (Å²) in [5.41, 5.74) is -0.239. The standard InChI is InChI=1S/C12H17F4IN2O2S/c1-17-22(13,14,15,16)11-7-9(12(20)19(4)21-5)6-10(8-11)18(2)3/h6-8H,1H2,2-5H3. The maximum absolute atomic E-state index is 14.0. The third-order valence-electron chi connectivity index (χ3n) is 2.88. The van der Waals surface area contributed by atoms with E-state index < -0.39 is 37.2 Å². The Kier molecular flexibility index (Phi) is 4.65. The average molecular weight is 456 g/mol. The molecule has 4 nitrogen and oxygen atoms in total. The lowest BCUT2D eigenvalue weighted by molar-refractivity contribution is -0.0757. The monoisotopic (exact) mass is 456 g/mol. The maximum atomic E-state index is 14.0. The topological polar surface area (TPSA) is 32.8 Å². The molecule has 0 radical (unpaired) electrons. The Morgan fingerprint density at radius 2 is 1.73 bits per heavy atom. The summed E-state index contributed by atoms with van der Waals surface area (Å²) >= 11 is -2.94. The van der Waals surface area contributed by atoms with Gasteiger partial charge >= 0.3 is 0 Å². The number of halogens is 5. The summed E-state index contributed by atoms with van der Waals surface area (Å²) in [6.07, 6.45) is 0. The highest BCUT2D eigenvalue weighted by Crippen LogP contribution is 3.08. The van der Waals surface area contributed by atoms with Crippen molar-refractivity contribution in [3.05, 3.63) is 23.8 Å². The second kappa shape index (κ2) is 5.34. The van der Waals surface area contributed by atoms with Gasteiger partial charge in [-0.2, -0.15) is 0 Å². The molecule has 1 amide bonds. The van der Waals surface area contributed by atoms with Gasteiger partial charge in [0.15, 0.2) is 0 Å². The minimum Gasteiger partial charge on any atom is -0.378 e. The highest BCUT2D eigenvalue weighted by Gasteiger charge is 2.63. The van der Waals surface area contributed by atoms with Crippen LogP contribution in [0.2, 0.25) is 0 Å². The first kappa shape index (κ1) is 19.2. The number of anilines is 1. The van der Waals surface area contributed by atoms with Crippen LogP contribution in [0.15, 0.2) is 23.1 Å². The van der Waals surface area contributed by atoms with E-state index >= 15 is 0 Å². The summed E-state index contributed by atoms with van der Waals surface area (Å²) in [6.45, 7) is 0. The van der Waals surface area contributed by atoms with Gasteiger partial charge in [-0.15, -0.1) is 15.5 Å². The zero-order valence-corrected chi connectivity index (χ0v) is 15.4. The quantitative estimate of drug-likeness (QED) is 0.372. The zero-order chi connectivity index (χ0) is 17.4. The van der Waals surface area contributed by atoms with Gasteiger partial charge in [-0.05, 0) is 18.2 Å². The highest BCUT2D eigenvalue weighted by molar-refractivity contribution is 14.2. The van der Waals surface area contributed by atoms with E-state index in [1.54, 1.807) is 0 Å². The van der Waals surface area contributed by atoms with E-state index in [1.165, 1.54) is 39.2 Å². The van der Waals surface area contributed by atoms with Crippen LogP contribution in [0.4, 0.5) is 21.2 Å². The zero-order valence-electron chi connectivity index (χ0n) is 12.4. The Hall–Kier alpha value is -0.880. The van der Waals surface area contributed by atoms with Crippen molar-refractivity contribution in [1.82, 2.24) is 5.06 Å². The van der Waals surface area contributed by atoms with Gasteiger partial charge in [-0.25, -0.2) is 5.06 Å². The molecular formula is C12H17F4IN2O2S. The number of hydroxylamine groups is 2. The fraction of sp³-hybridized carbons (Fsp3) is 0.333. The van der Waals surface area contributed by atoms with E-state index in [0.29, 0.717) is 12.1 Å². The van der Waals surface area contributed by atoms with E-state index in [0.717, 1.165) is 5.06 Å². The Morgan fingerprint density at radius 1 is 1.18 bits per heavy atom. The van der Waals surface area contributed by atoms with Crippen LogP contribution in [0.3, 0.4) is 0 Å². The molecule has 128 valence electrons. The predicted octanol–water partition coefficient (Wildman–Crippen LogP) is 4.48. The van der Waals surface area contributed by atoms with Gasteiger partial charge in [0.05, 0.1) is 12.0 Å². The van der Waals surface area contributed by atoms with E-state index in [9.17, 15) is 20.3 Å². The van der Waals surface area contributed by atoms with Crippen molar-refractivity contribution in [3.8, 4) is 0 Å². The summed E-state index contributed by atoms with van der Waals surface area (Å²) in [5, 5.41) is 0.769. The summed E-state index contributed by atoms with van der Waals surface area (Å²) < 4.78 is 58.9. The van der Waals surface area contributed by atoms with Crippen molar-refractivity contribution >= 4 is 42.5 Å². The van der Waals surface area contributed by atoms with Crippen LogP contribution in [0.5, 0.6) is 0 Å². The normalized spacial score (nSPS) is 14.9. The Bertz CT molecular complexity index is 633. The van der Waals surface area contributed by atoms with Crippen LogP contribution in [0, 0.1) is 0 Å². The van der Waals surface area contributed by atoms with Gasteiger partial charge in [0.1, 0.15) is 0 Å². The van der Waals surface area contributed by atoms with E-state index in [-0.39, 0.29) is 11.3 Å². The van der Waals surface area contributed by atoms with Crippen LogP contribution in [0.1, 0.15) is 10.4 Å². The molecule has 1 rings (SSSR count). The second-order valence-electron chi connectivity index (χ2n) is 4.67. The number of hydrogen-bond donors (Lipinski definition) is 0. The Balaban J connectivity index is 3.67. The van der Waals surface area contributed by atoms with Crippen LogP contribution < -0.4 is 4.90 Å². The van der Waals surface area contributed by atoms with Crippen molar-refractivity contribution in [2.45, 2.75) is 4.90 Å². The number of hydrogen-bond acceptors (Lipinski definition) is 3. The van der Waals surface area contributed by atoms with Crippen LogP contribution in [-0.4, -0.2) is 43.7 Å². The Morgan fingerprint density at radius 3 is 2.14 bits per heavy atom. The predicted molar refractivity (Wildman–Crippen MR) is 91.3 cm³/mol. The van der Waals surface area contributed by atoms with Crippen molar-refractivity contribution < 1.29 is 25.2 Å². The fourth-order valence-corrected chi connectivity index (χ4v) is 4.18. The van der Waals surface area contributed by atoms with Crippen molar-refractivity contribution in [2.75, 3.05) is 33.2 Å². The first-order valence-electron chi connectivity index (χ1n) is 5.81. The van der Waals surface area contributed by atoms with Gasteiger partial charge in [0.2, 0.25) is 7.01 Å². The highest BCUT2D eigenvalue weighted by atomic mass is 127. The van der Waals surface area contributed by atoms with Crippen molar-refractivity contribution in [3.63, 3.8) is 0 Å². The first-order valence-corrected chi connectivity index (χ1v) is 11.9. The van der Waals surface area contributed by atoms with Crippen LogP contribution in [-0.2, 0) is 4.84 Å². The minimum atomic E-state index is -8.42. The number of benzene rings is 1. The van der Waals surface area contributed by atoms with Crippen LogP contribution >= 0.6 is 26.4 Å². The molecule has 0 aliphatic heterocycles. The molecule has 0 aliphatic carbocycles. The lowest BCUT2D eigenvalue weighted by atomic mass is 10.2. The number of amides is 1. The number of rotatable bonds is 5. The lowest BCUT2D eigenvalue weighted by Crippen LogP contribution is -2.26. The van der Waals surface area contributed by atoms with E-state index in [1.807, 2.05) is 0 Å². The number of carbonyl (C=O) groups excluding carboxylic acids is 1. The second-order valence-corrected chi connectivity index (χ2v) is 14.5. The van der Waals surface area contributed by atoms with Gasteiger partial charge in [-0.1, -0.05) is 4.51 Å². The van der Waals surface area contributed by atoms with Crippen LogP contribution in [0.25, 0.3) is 0 Å². The van der Waals surface area contributed by atoms with E-state index in [4.69, 9.17) is 0 Å². The molecule has 1 aromatic carbocycles. The molecule has 0 N–H and O–H groups in total. The molecule has 0 atom stereocenters. The van der Waals surface area contributed by atoms with Crippen molar-refractivity contribution in [2.24, 2.45) is 0 Å². The van der Waals surface area contributed by atoms with Gasteiger partial charge in [0.25, 0.3) is 5.91 Å². The first-order chi connectivity index (χ1) is 9.74. The Labute approximate surface area is 134 Å². The van der Waals surface area contributed by atoms with Gasteiger partial charge < -0.3 is 4.90 Å². The molecule has 22 heavy (non-hydrogen) atoms. The number of carbonyl (C=O) groups is 1. The van der Waals surface area contributed by atoms with Crippen molar-refractivity contribution in [1.29, 1.82) is 0 Å². The van der Waals surface area contributed by atoms with Gasteiger partial charge in [-0.3, -0.25) is 9.63 Å². The molecule has 1 aromatic rings. The largest absolute Gasteiger partial charge is 0.378 e. The van der Waals surface area contributed by atoms with E-state index in [2.05, 4.69) is 9.35 Å². The summed E-state index contributed by atoms with van der Waals surface area (Å²) in [7, 11) is -2.96. The third-order valence-corrected chi connectivity index (χ3v) is 9.73. The lowest BCUT2D eigenvalue weighted by Gasteiger charge is -2.46. The smallest absolute Gasteiger partial charge is 0.277 e. The SMILES string of the molecule is C=IS(F)(F)(F)(F)c1cc(C(=O)N(C)OC)cc(N(C)C)c1. The number of nitrogens with zero attached hydrogens (tertiary/aromatic N) is 2. The summed E-state index contributed by atoms with van der Waals surface area (Å²) in [4.78, 5) is 16.6. The summed E-state index contributed by atoms with van der Waals surface area (Å²) in [6, 6.07) is 2.48. The molecule has 0 aromatic heterocycles. The molecule has 0 fully saturated rings. The molecule has 0 saturated carbocycles. The molecular weight excluding hydrogens is 439 g/mol. The average Bonchev–Trinajstić information content (AvgIpc) is 2.44. The minimum absolute atomic E-state index is 0.0680. The molecule has 0 saturated heterocycles. The maximum Gasteiger partial charge on any atom is 0.277 e. The molecule has 0 heterocycles. The molecule has 0 unspecified atom stereocenters. The summed E-state index contributed by atoms with van der Waals surface area (Å²) in [5.74, 6) is -0.803. The molecule has 0 aliphatic rings. The molecule has 0 spiro atoms. The van der Waals surface area contributed by atoms with Gasteiger partial charge in [0, 0.05) is 51.7 Å². The molecule has 10 heteroatoms. The molecule has 0 bridgehead atoms.